The van der Waals surface area contributed by atoms with Gasteiger partial charge >= 0.3 is 11.9 Å². The number of aliphatic carboxylic acids is 1. The van der Waals surface area contributed by atoms with E-state index < -0.39 is 23.4 Å². The number of rotatable bonds is 3. The van der Waals surface area contributed by atoms with E-state index in [1.807, 2.05) is 0 Å². The zero-order valence-electron chi connectivity index (χ0n) is 12.1. The average molecular weight is 335 g/mol. The molecule has 0 spiro atoms. The Morgan fingerprint density at radius 1 is 1.43 bits per heavy atom. The van der Waals surface area contributed by atoms with Crippen LogP contribution in [0.3, 0.4) is 0 Å². The van der Waals surface area contributed by atoms with Crippen LogP contribution in [-0.4, -0.2) is 28.8 Å². The highest BCUT2D eigenvalue weighted by Gasteiger charge is 2.32. The van der Waals surface area contributed by atoms with Crippen LogP contribution in [0.15, 0.2) is 33.7 Å². The minimum atomic E-state index is -0.948. The second-order valence-corrected chi connectivity index (χ2v) is 6.18. The van der Waals surface area contributed by atoms with E-state index in [0.717, 1.165) is 0 Å². The van der Waals surface area contributed by atoms with E-state index in [1.165, 1.54) is 43.1 Å². The maximum absolute atomic E-state index is 12.6. The molecule has 120 valence electrons. The summed E-state index contributed by atoms with van der Waals surface area (Å²) < 4.78 is 10.4. The Balaban J connectivity index is 1.95. The van der Waals surface area contributed by atoms with Gasteiger partial charge in [-0.1, -0.05) is 0 Å². The predicted octanol–water partition coefficient (Wildman–Crippen LogP) is 1.51. The van der Waals surface area contributed by atoms with Gasteiger partial charge in [0.15, 0.2) is 5.43 Å². The van der Waals surface area contributed by atoms with Crippen LogP contribution in [0.5, 0.6) is 5.75 Å². The van der Waals surface area contributed by atoms with Crippen molar-refractivity contribution in [1.29, 1.82) is 0 Å². The maximum atomic E-state index is 12.6. The molecule has 0 bridgehead atoms. The third-order valence-corrected chi connectivity index (χ3v) is 4.65. The van der Waals surface area contributed by atoms with Crippen LogP contribution >= 0.6 is 11.8 Å². The van der Waals surface area contributed by atoms with E-state index >= 15 is 0 Å². The molecule has 2 aromatic rings. The van der Waals surface area contributed by atoms with Gasteiger partial charge < -0.3 is 14.3 Å². The van der Waals surface area contributed by atoms with E-state index in [4.69, 9.17) is 14.3 Å². The lowest BCUT2D eigenvalue weighted by Crippen LogP contribution is -2.34. The number of carboxylic acid groups (broad SMARTS) is 1. The Morgan fingerprint density at radius 2 is 2.22 bits per heavy atom. The Labute approximate surface area is 134 Å². The normalized spacial score (nSPS) is 20.6. The molecule has 23 heavy (non-hydrogen) atoms. The molecule has 1 aliphatic rings. The first-order chi connectivity index (χ1) is 11.0. The summed E-state index contributed by atoms with van der Waals surface area (Å²) in [5.41, 5.74) is 0.429. The minimum Gasteiger partial charge on any atom is -0.480 e. The monoisotopic (exact) mass is 335 g/mol. The van der Waals surface area contributed by atoms with Gasteiger partial charge in [0, 0.05) is 18.7 Å². The van der Waals surface area contributed by atoms with Crippen molar-refractivity contribution in [2.45, 2.75) is 18.3 Å². The van der Waals surface area contributed by atoms with E-state index in [2.05, 4.69) is 5.32 Å². The van der Waals surface area contributed by atoms with Gasteiger partial charge in [0.1, 0.15) is 23.6 Å². The molecule has 8 heteroatoms. The molecule has 1 saturated heterocycles. The summed E-state index contributed by atoms with van der Waals surface area (Å²) in [6, 6.07) is 3.82. The van der Waals surface area contributed by atoms with Crippen molar-refractivity contribution < 1.29 is 23.8 Å². The molecule has 0 radical (unpaired) electrons. The maximum Gasteiger partial charge on any atom is 0.321 e. The van der Waals surface area contributed by atoms with Gasteiger partial charge in [0.25, 0.3) is 0 Å². The van der Waals surface area contributed by atoms with Crippen LogP contribution < -0.4 is 15.5 Å². The SMILES string of the molecule is CC(=O)Oc1ccc2c(=O)c(C3NC(C(=O)O)CS3)coc2c1. The van der Waals surface area contributed by atoms with Crippen LogP contribution in [0, 0.1) is 0 Å². The fourth-order valence-corrected chi connectivity index (χ4v) is 3.55. The zero-order chi connectivity index (χ0) is 16.6. The summed E-state index contributed by atoms with van der Waals surface area (Å²) in [4.78, 5) is 34.5. The molecule has 1 aromatic carbocycles. The predicted molar refractivity (Wildman–Crippen MR) is 83.6 cm³/mol. The number of carbonyl (C=O) groups is 2. The summed E-state index contributed by atoms with van der Waals surface area (Å²) in [6.07, 6.45) is 1.32. The first-order valence-electron chi connectivity index (χ1n) is 6.80. The third kappa shape index (κ3) is 3.08. The van der Waals surface area contributed by atoms with Crippen molar-refractivity contribution in [3.05, 3.63) is 40.2 Å². The molecule has 2 atom stereocenters. The average Bonchev–Trinajstić information content (AvgIpc) is 2.96. The Morgan fingerprint density at radius 3 is 2.87 bits per heavy atom. The van der Waals surface area contributed by atoms with Crippen LogP contribution in [0.1, 0.15) is 17.9 Å². The number of fused-ring (bicyclic) bond motifs is 1. The summed E-state index contributed by atoms with van der Waals surface area (Å²) in [5.74, 6) is -0.742. The number of hydrogen-bond acceptors (Lipinski definition) is 7. The van der Waals surface area contributed by atoms with E-state index in [1.54, 1.807) is 0 Å². The minimum absolute atomic E-state index is 0.239. The van der Waals surface area contributed by atoms with Crippen molar-refractivity contribution in [1.82, 2.24) is 5.32 Å². The lowest BCUT2D eigenvalue weighted by molar-refractivity contribution is -0.138. The van der Waals surface area contributed by atoms with Gasteiger partial charge in [-0.15, -0.1) is 11.8 Å². The number of ether oxygens (including phenoxy) is 1. The number of carboxylic acids is 1. The molecule has 1 fully saturated rings. The first kappa shape index (κ1) is 15.6. The molecule has 0 aliphatic carbocycles. The van der Waals surface area contributed by atoms with Gasteiger partial charge in [0.2, 0.25) is 0 Å². The van der Waals surface area contributed by atoms with Gasteiger partial charge in [-0.25, -0.2) is 0 Å². The van der Waals surface area contributed by atoms with Gasteiger partial charge in [-0.2, -0.15) is 0 Å². The van der Waals surface area contributed by atoms with Gasteiger partial charge in [-0.3, -0.25) is 19.7 Å². The molecule has 7 nitrogen and oxygen atoms in total. The van der Waals surface area contributed by atoms with Crippen molar-refractivity contribution >= 4 is 34.7 Å². The molecule has 2 heterocycles. The highest BCUT2D eigenvalue weighted by molar-refractivity contribution is 7.99. The van der Waals surface area contributed by atoms with Crippen LogP contribution in [0.25, 0.3) is 11.0 Å². The molecule has 2 unspecified atom stereocenters. The number of carbonyl (C=O) groups excluding carboxylic acids is 1. The molecular formula is C15H13NO6S. The quantitative estimate of drug-likeness (QED) is 0.642. The standard InChI is InChI=1S/C15H13NO6S/c1-7(17)22-8-2-3-9-12(4-8)21-5-10(13(9)18)14-16-11(6-23-14)15(19)20/h2-5,11,14,16H,6H2,1H3,(H,19,20). The van der Waals surface area contributed by atoms with Crippen molar-refractivity contribution in [2.75, 3.05) is 5.75 Å². The fourth-order valence-electron chi connectivity index (χ4n) is 2.33. The summed E-state index contributed by atoms with van der Waals surface area (Å²) in [7, 11) is 0. The van der Waals surface area contributed by atoms with Gasteiger partial charge in [-0.05, 0) is 12.1 Å². The number of benzene rings is 1. The van der Waals surface area contributed by atoms with Crippen LogP contribution in [0.2, 0.25) is 0 Å². The van der Waals surface area contributed by atoms with Crippen molar-refractivity contribution in [2.24, 2.45) is 0 Å². The molecule has 2 N–H and O–H groups in total. The van der Waals surface area contributed by atoms with E-state index in [0.29, 0.717) is 28.0 Å². The Bertz CT molecular complexity index is 845. The van der Waals surface area contributed by atoms with Crippen LogP contribution in [-0.2, 0) is 9.59 Å². The van der Waals surface area contributed by atoms with Crippen molar-refractivity contribution in [3.8, 4) is 5.75 Å². The van der Waals surface area contributed by atoms with E-state index in [-0.39, 0.29) is 5.43 Å². The molecule has 0 saturated carbocycles. The fraction of sp³-hybridized carbons (Fsp3) is 0.267. The van der Waals surface area contributed by atoms with Crippen molar-refractivity contribution in [3.63, 3.8) is 0 Å². The zero-order valence-corrected chi connectivity index (χ0v) is 12.9. The largest absolute Gasteiger partial charge is 0.480 e. The molecular weight excluding hydrogens is 322 g/mol. The first-order valence-corrected chi connectivity index (χ1v) is 7.85. The molecule has 1 aliphatic heterocycles. The summed E-state index contributed by atoms with van der Waals surface area (Å²) in [5, 5.41) is 11.8. The smallest absolute Gasteiger partial charge is 0.321 e. The van der Waals surface area contributed by atoms with Crippen LogP contribution in [0.4, 0.5) is 0 Å². The molecule has 0 amide bonds. The topological polar surface area (TPSA) is 106 Å². The Kier molecular flexibility index (Phi) is 4.10. The second-order valence-electron chi connectivity index (χ2n) is 5.04. The highest BCUT2D eigenvalue weighted by atomic mass is 32.2. The second kappa shape index (κ2) is 6.05. The lowest BCUT2D eigenvalue weighted by atomic mass is 10.1. The molecule has 3 rings (SSSR count). The Hall–Kier alpha value is -2.32. The lowest BCUT2D eigenvalue weighted by Gasteiger charge is -2.11. The summed E-state index contributed by atoms with van der Waals surface area (Å²) >= 11 is 1.34. The number of esters is 1. The highest BCUT2D eigenvalue weighted by Crippen LogP contribution is 2.32. The number of nitrogens with one attached hydrogen (secondary N) is 1. The van der Waals surface area contributed by atoms with E-state index in [9.17, 15) is 14.4 Å². The third-order valence-electron chi connectivity index (χ3n) is 3.40. The van der Waals surface area contributed by atoms with Gasteiger partial charge in [0.05, 0.1) is 16.3 Å². The number of thioether (sulfide) groups is 1. The number of hydrogen-bond donors (Lipinski definition) is 2. The molecule has 1 aromatic heterocycles. The summed E-state index contributed by atoms with van der Waals surface area (Å²) in [6.45, 7) is 1.28.